The van der Waals surface area contributed by atoms with E-state index in [9.17, 15) is 14.4 Å². The van der Waals surface area contributed by atoms with Gasteiger partial charge in [-0.15, -0.1) is 0 Å². The molecular weight excluding hydrogens is 336 g/mol. The van der Waals surface area contributed by atoms with Crippen LogP contribution in [-0.2, 0) is 9.59 Å². The lowest BCUT2D eigenvalue weighted by atomic mass is 10.0. The molecule has 0 aromatic heterocycles. The van der Waals surface area contributed by atoms with Crippen molar-refractivity contribution in [2.75, 3.05) is 39.4 Å². The van der Waals surface area contributed by atoms with Crippen LogP contribution in [0.25, 0.3) is 0 Å². The highest BCUT2D eigenvalue weighted by molar-refractivity contribution is 5.97. The summed E-state index contributed by atoms with van der Waals surface area (Å²) in [5.41, 5.74) is 0.580. The van der Waals surface area contributed by atoms with Gasteiger partial charge in [0.1, 0.15) is 13.2 Å². The van der Waals surface area contributed by atoms with E-state index in [4.69, 9.17) is 9.47 Å². The first-order valence-electron chi connectivity index (χ1n) is 9.01. The molecule has 0 bridgehead atoms. The zero-order chi connectivity index (χ0) is 18.5. The average molecular weight is 360 g/mol. The van der Waals surface area contributed by atoms with Gasteiger partial charge < -0.3 is 19.3 Å². The molecule has 1 aromatic carbocycles. The van der Waals surface area contributed by atoms with Gasteiger partial charge in [-0.2, -0.15) is 0 Å². The topological polar surface area (TPSA) is 76.2 Å². The van der Waals surface area contributed by atoms with Crippen molar-refractivity contribution < 1.29 is 23.9 Å². The third-order valence-corrected chi connectivity index (χ3v) is 4.74. The number of amides is 2. The Labute approximate surface area is 152 Å². The van der Waals surface area contributed by atoms with Gasteiger partial charge in [-0.1, -0.05) is 0 Å². The Balaban J connectivity index is 1.44. The molecule has 0 saturated carbocycles. The summed E-state index contributed by atoms with van der Waals surface area (Å²) in [7, 11) is 0. The summed E-state index contributed by atoms with van der Waals surface area (Å²) in [4.78, 5) is 39.4. The molecule has 2 heterocycles. The molecule has 2 amide bonds. The Bertz CT molecular complexity index is 695. The maximum atomic E-state index is 12.3. The molecule has 0 unspecified atom stereocenters. The van der Waals surface area contributed by atoms with Crippen molar-refractivity contribution in [1.82, 2.24) is 9.80 Å². The van der Waals surface area contributed by atoms with E-state index < -0.39 is 0 Å². The number of ketones is 1. The van der Waals surface area contributed by atoms with E-state index in [0.29, 0.717) is 75.7 Å². The van der Waals surface area contributed by atoms with E-state index in [1.165, 1.54) is 0 Å². The van der Waals surface area contributed by atoms with Gasteiger partial charge >= 0.3 is 0 Å². The standard InChI is InChI=1S/C19H24N2O5/c1-14(22)20-7-9-21(10-8-20)19(24)4-2-3-16(23)15-5-6-17-18(13-15)26-12-11-25-17/h5-6,13H,2-4,7-12H2,1H3. The number of carbonyl (C=O) groups is 3. The number of hydrogen-bond donors (Lipinski definition) is 0. The molecule has 26 heavy (non-hydrogen) atoms. The van der Waals surface area contributed by atoms with Gasteiger partial charge in [0, 0.05) is 51.5 Å². The van der Waals surface area contributed by atoms with Crippen LogP contribution in [0.5, 0.6) is 11.5 Å². The van der Waals surface area contributed by atoms with E-state index in [1.54, 1.807) is 34.9 Å². The third-order valence-electron chi connectivity index (χ3n) is 4.74. The summed E-state index contributed by atoms with van der Waals surface area (Å²) in [5.74, 6) is 1.34. The van der Waals surface area contributed by atoms with Crippen LogP contribution in [0, 0.1) is 0 Å². The number of nitrogens with zero attached hydrogens (tertiary/aromatic N) is 2. The molecule has 7 heteroatoms. The normalized spacial score (nSPS) is 16.3. The van der Waals surface area contributed by atoms with Gasteiger partial charge in [0.25, 0.3) is 0 Å². The highest BCUT2D eigenvalue weighted by Gasteiger charge is 2.22. The van der Waals surface area contributed by atoms with Gasteiger partial charge in [0.05, 0.1) is 0 Å². The third kappa shape index (κ3) is 4.33. The number of fused-ring (bicyclic) bond motifs is 1. The number of Topliss-reactive ketones (excluding diaryl/α,β-unsaturated/α-hetero) is 1. The summed E-state index contributed by atoms with van der Waals surface area (Å²) in [6, 6.07) is 5.19. The molecule has 2 aliphatic rings. The van der Waals surface area contributed by atoms with Gasteiger partial charge in [0.15, 0.2) is 17.3 Å². The lowest BCUT2D eigenvalue weighted by molar-refractivity contribution is -0.138. The van der Waals surface area contributed by atoms with Gasteiger partial charge in [-0.25, -0.2) is 0 Å². The van der Waals surface area contributed by atoms with Crippen LogP contribution < -0.4 is 9.47 Å². The lowest BCUT2D eigenvalue weighted by Crippen LogP contribution is -2.50. The van der Waals surface area contributed by atoms with Crippen molar-refractivity contribution >= 4 is 17.6 Å². The summed E-state index contributed by atoms with van der Waals surface area (Å²) in [6.07, 6.45) is 1.17. The fourth-order valence-corrected chi connectivity index (χ4v) is 3.19. The maximum Gasteiger partial charge on any atom is 0.222 e. The monoisotopic (exact) mass is 360 g/mol. The van der Waals surface area contributed by atoms with Crippen molar-refractivity contribution in [1.29, 1.82) is 0 Å². The molecule has 0 atom stereocenters. The van der Waals surface area contributed by atoms with Crippen molar-refractivity contribution in [3.63, 3.8) is 0 Å². The van der Waals surface area contributed by atoms with Crippen LogP contribution in [0.3, 0.4) is 0 Å². The summed E-state index contributed by atoms with van der Waals surface area (Å²) in [5, 5.41) is 0. The van der Waals surface area contributed by atoms with Crippen molar-refractivity contribution in [2.45, 2.75) is 26.2 Å². The number of carbonyl (C=O) groups excluding carboxylic acids is 3. The Morgan fingerprint density at radius 1 is 0.923 bits per heavy atom. The number of hydrogen-bond acceptors (Lipinski definition) is 5. The molecule has 0 N–H and O–H groups in total. The van der Waals surface area contributed by atoms with Crippen LogP contribution in [-0.4, -0.2) is 66.8 Å². The Kier molecular flexibility index (Phi) is 5.75. The Hall–Kier alpha value is -2.57. The van der Waals surface area contributed by atoms with Gasteiger partial charge in [0.2, 0.25) is 11.8 Å². The Morgan fingerprint density at radius 2 is 1.58 bits per heavy atom. The number of piperazine rings is 1. The van der Waals surface area contributed by atoms with Crippen LogP contribution in [0.1, 0.15) is 36.5 Å². The first kappa shape index (κ1) is 18.2. The van der Waals surface area contributed by atoms with Crippen molar-refractivity contribution in [3.8, 4) is 11.5 Å². The summed E-state index contributed by atoms with van der Waals surface area (Å²) in [6.45, 7) is 4.83. The molecule has 1 fully saturated rings. The van der Waals surface area contributed by atoms with E-state index >= 15 is 0 Å². The first-order valence-corrected chi connectivity index (χ1v) is 9.01. The predicted molar refractivity (Wildman–Crippen MR) is 94.4 cm³/mol. The summed E-state index contributed by atoms with van der Waals surface area (Å²) < 4.78 is 10.9. The second kappa shape index (κ2) is 8.21. The van der Waals surface area contributed by atoms with Gasteiger partial charge in [-0.3, -0.25) is 14.4 Å². The summed E-state index contributed by atoms with van der Waals surface area (Å²) >= 11 is 0. The van der Waals surface area contributed by atoms with E-state index in [1.807, 2.05) is 0 Å². The number of rotatable bonds is 5. The molecule has 3 rings (SSSR count). The zero-order valence-corrected chi connectivity index (χ0v) is 15.0. The van der Waals surface area contributed by atoms with Crippen LogP contribution in [0.2, 0.25) is 0 Å². The lowest BCUT2D eigenvalue weighted by Gasteiger charge is -2.34. The fourth-order valence-electron chi connectivity index (χ4n) is 3.19. The number of ether oxygens (including phenoxy) is 2. The molecular formula is C19H24N2O5. The largest absolute Gasteiger partial charge is 0.486 e. The van der Waals surface area contributed by atoms with E-state index in [0.717, 1.165) is 0 Å². The van der Waals surface area contributed by atoms with Crippen molar-refractivity contribution in [3.05, 3.63) is 23.8 Å². The molecule has 7 nitrogen and oxygen atoms in total. The second-order valence-electron chi connectivity index (χ2n) is 6.52. The molecule has 1 aromatic rings. The average Bonchev–Trinajstić information content (AvgIpc) is 2.67. The van der Waals surface area contributed by atoms with Crippen LogP contribution >= 0.6 is 0 Å². The molecule has 140 valence electrons. The zero-order valence-electron chi connectivity index (χ0n) is 15.0. The highest BCUT2D eigenvalue weighted by atomic mass is 16.6. The van der Waals surface area contributed by atoms with Crippen LogP contribution in [0.4, 0.5) is 0 Å². The minimum atomic E-state index is -0.00354. The van der Waals surface area contributed by atoms with Gasteiger partial charge in [-0.05, 0) is 24.6 Å². The minimum Gasteiger partial charge on any atom is -0.486 e. The molecule has 0 spiro atoms. The van der Waals surface area contributed by atoms with Crippen LogP contribution in [0.15, 0.2) is 18.2 Å². The molecule has 1 saturated heterocycles. The molecule has 0 aliphatic carbocycles. The second-order valence-corrected chi connectivity index (χ2v) is 6.52. The first-order chi connectivity index (χ1) is 12.5. The minimum absolute atomic E-state index is 0.00354. The highest BCUT2D eigenvalue weighted by Crippen LogP contribution is 2.31. The molecule has 0 radical (unpaired) electrons. The Morgan fingerprint density at radius 3 is 2.27 bits per heavy atom. The maximum absolute atomic E-state index is 12.3. The molecule has 2 aliphatic heterocycles. The smallest absolute Gasteiger partial charge is 0.222 e. The van der Waals surface area contributed by atoms with E-state index in [-0.39, 0.29) is 17.6 Å². The quantitative estimate of drug-likeness (QED) is 0.744. The predicted octanol–water partition coefficient (Wildman–Crippen LogP) is 1.50. The fraction of sp³-hybridized carbons (Fsp3) is 0.526. The van der Waals surface area contributed by atoms with Crippen molar-refractivity contribution in [2.24, 2.45) is 0 Å². The number of benzene rings is 1. The van der Waals surface area contributed by atoms with E-state index in [2.05, 4.69) is 0 Å². The SMILES string of the molecule is CC(=O)N1CCN(C(=O)CCCC(=O)c2ccc3c(c2)OCCO3)CC1.